The minimum absolute atomic E-state index is 0. The summed E-state index contributed by atoms with van der Waals surface area (Å²) in [5.74, 6) is 0.138. The van der Waals surface area contributed by atoms with Crippen molar-refractivity contribution < 1.29 is 6.22 Å². The molecule has 0 spiro atoms. The third kappa shape index (κ3) is 20.8. The summed E-state index contributed by atoms with van der Waals surface area (Å²) in [5, 5.41) is 2.95. The highest BCUT2D eigenvalue weighted by Crippen LogP contribution is 2.07. The van der Waals surface area contributed by atoms with Crippen LogP contribution in [0.3, 0.4) is 0 Å². The number of rotatable bonds is 8. The number of allylic oxidation sites excluding steroid dienone is 5. The molecule has 0 aromatic rings. The van der Waals surface area contributed by atoms with E-state index in [1.165, 1.54) is 12.8 Å². The molecule has 0 heterocycles. The van der Waals surface area contributed by atoms with Crippen molar-refractivity contribution >= 4 is 5.78 Å². The van der Waals surface area contributed by atoms with Gasteiger partial charge in [0.25, 0.3) is 0 Å². The van der Waals surface area contributed by atoms with Crippen molar-refractivity contribution in [1.82, 2.24) is 5.32 Å². The number of carbonyl (C=O) groups excluding carboxylic acids is 1. The molecular formula is C19H35NO. The van der Waals surface area contributed by atoms with Crippen LogP contribution >= 0.6 is 0 Å². The van der Waals surface area contributed by atoms with Crippen LogP contribution in [0.15, 0.2) is 62.3 Å². The summed E-state index contributed by atoms with van der Waals surface area (Å²) in [6, 6.07) is -0.121. The standard InChI is InChI=1S/C11H17NO.C4H10.C4H6.H2/c1-5-7-10(6-2)8-11(12-4)9(3)13;2*1-3-4-2;/h5-7,11-12H,1-2,8H2,3-4H3;3-4H2,1-2H3;3-4H,1-2H2;1H/b10-7+;;;. The smallest absolute Gasteiger partial charge is 0.147 e. The van der Waals surface area contributed by atoms with Crippen molar-refractivity contribution in [3.8, 4) is 0 Å². The van der Waals surface area contributed by atoms with Crippen molar-refractivity contribution in [3.05, 3.63) is 62.3 Å². The van der Waals surface area contributed by atoms with Gasteiger partial charge in [-0.25, -0.2) is 0 Å². The first-order valence-corrected chi connectivity index (χ1v) is 7.33. The largest absolute Gasteiger partial charge is 0.310 e. The highest BCUT2D eigenvalue weighted by atomic mass is 16.1. The molecule has 21 heavy (non-hydrogen) atoms. The quantitative estimate of drug-likeness (QED) is 0.618. The van der Waals surface area contributed by atoms with Gasteiger partial charge in [0, 0.05) is 1.43 Å². The predicted octanol–water partition coefficient (Wildman–Crippen LogP) is 5.26. The number of hydrogen-bond acceptors (Lipinski definition) is 2. The molecule has 0 saturated carbocycles. The molecule has 0 fully saturated rings. The number of nitrogens with one attached hydrogen (secondary N) is 1. The van der Waals surface area contributed by atoms with Crippen molar-refractivity contribution in [3.63, 3.8) is 0 Å². The van der Waals surface area contributed by atoms with E-state index in [4.69, 9.17) is 0 Å². The summed E-state index contributed by atoms with van der Waals surface area (Å²) in [5.41, 5.74) is 1.02. The fourth-order valence-electron chi connectivity index (χ4n) is 1.06. The average molecular weight is 293 g/mol. The Labute approximate surface area is 133 Å². The molecule has 0 rings (SSSR count). The molecule has 0 saturated heterocycles. The van der Waals surface area contributed by atoms with Gasteiger partial charge in [-0.2, -0.15) is 0 Å². The monoisotopic (exact) mass is 293 g/mol. The number of hydrogen-bond donors (Lipinski definition) is 1. The molecule has 2 heteroatoms. The summed E-state index contributed by atoms with van der Waals surface area (Å²) in [6.45, 7) is 19.9. The predicted molar refractivity (Wildman–Crippen MR) is 99.7 cm³/mol. The fourth-order valence-corrected chi connectivity index (χ4v) is 1.06. The second-order valence-corrected chi connectivity index (χ2v) is 4.31. The minimum Gasteiger partial charge on any atom is -0.310 e. The van der Waals surface area contributed by atoms with E-state index in [9.17, 15) is 4.79 Å². The van der Waals surface area contributed by atoms with Crippen LogP contribution in [0, 0.1) is 0 Å². The Morgan fingerprint density at radius 1 is 1.10 bits per heavy atom. The molecule has 0 amide bonds. The van der Waals surface area contributed by atoms with Crippen molar-refractivity contribution in [2.24, 2.45) is 0 Å². The number of Topliss-reactive ketones (excluding diaryl/α,β-unsaturated/α-hetero) is 1. The number of likely N-dealkylation sites (N-methyl/N-ethyl adjacent to an activating group) is 1. The van der Waals surface area contributed by atoms with Crippen molar-refractivity contribution in [1.29, 1.82) is 0 Å². The third-order valence-electron chi connectivity index (χ3n) is 2.54. The van der Waals surface area contributed by atoms with Crippen LogP contribution in [0.4, 0.5) is 0 Å². The van der Waals surface area contributed by atoms with Crippen LogP contribution in [-0.4, -0.2) is 18.9 Å². The van der Waals surface area contributed by atoms with Gasteiger partial charge in [0.2, 0.25) is 0 Å². The van der Waals surface area contributed by atoms with Gasteiger partial charge in [-0.15, -0.1) is 0 Å². The fraction of sp³-hybridized carbons (Fsp3) is 0.421. The second-order valence-electron chi connectivity index (χ2n) is 4.31. The molecule has 0 aliphatic carbocycles. The van der Waals surface area contributed by atoms with Gasteiger partial charge in [0.15, 0.2) is 0 Å². The van der Waals surface area contributed by atoms with Crippen LogP contribution in [0.2, 0.25) is 0 Å². The Hall–Kier alpha value is -1.67. The summed E-state index contributed by atoms with van der Waals surface area (Å²) >= 11 is 0. The maximum Gasteiger partial charge on any atom is 0.147 e. The van der Waals surface area contributed by atoms with Gasteiger partial charge in [-0.05, 0) is 26.0 Å². The molecule has 1 unspecified atom stereocenters. The van der Waals surface area contributed by atoms with E-state index in [1.807, 2.05) is 6.08 Å². The van der Waals surface area contributed by atoms with E-state index in [-0.39, 0.29) is 13.3 Å². The number of unbranched alkanes of at least 4 members (excludes halogenated alkanes) is 1. The summed E-state index contributed by atoms with van der Waals surface area (Å²) in [6.07, 6.45) is 11.9. The first-order valence-electron chi connectivity index (χ1n) is 7.33. The van der Waals surface area contributed by atoms with Gasteiger partial charge in [0.05, 0.1) is 6.04 Å². The molecule has 122 valence electrons. The van der Waals surface area contributed by atoms with Gasteiger partial charge >= 0.3 is 0 Å². The average Bonchev–Trinajstić information content (AvgIpc) is 2.51. The lowest BCUT2D eigenvalue weighted by molar-refractivity contribution is -0.118. The van der Waals surface area contributed by atoms with Crippen LogP contribution < -0.4 is 5.32 Å². The Kier molecular flexibility index (Phi) is 23.9. The molecule has 0 aliphatic heterocycles. The molecule has 0 aromatic carbocycles. The first-order chi connectivity index (χ1) is 9.98. The van der Waals surface area contributed by atoms with Gasteiger partial charge < -0.3 is 5.32 Å². The zero-order valence-corrected chi connectivity index (χ0v) is 14.3. The molecule has 1 N–H and O–H groups in total. The zero-order chi connectivity index (χ0) is 17.1. The Morgan fingerprint density at radius 2 is 1.57 bits per heavy atom. The molecule has 0 aliphatic rings. The second kappa shape index (κ2) is 20.6. The lowest BCUT2D eigenvalue weighted by Crippen LogP contribution is -2.32. The van der Waals surface area contributed by atoms with E-state index >= 15 is 0 Å². The topological polar surface area (TPSA) is 29.1 Å². The molecule has 2 nitrogen and oxygen atoms in total. The molecular weight excluding hydrogens is 258 g/mol. The maximum atomic E-state index is 11.1. The van der Waals surface area contributed by atoms with E-state index in [2.05, 4.69) is 45.5 Å². The Bertz CT molecular complexity index is 324. The maximum absolute atomic E-state index is 11.1. The molecule has 0 bridgehead atoms. The molecule has 1 atom stereocenters. The van der Waals surface area contributed by atoms with Gasteiger partial charge in [-0.1, -0.05) is 83.4 Å². The Balaban J connectivity index is -0.000000150. The zero-order valence-electron chi connectivity index (χ0n) is 14.3. The molecule has 0 radical (unpaired) electrons. The highest BCUT2D eigenvalue weighted by Gasteiger charge is 2.11. The van der Waals surface area contributed by atoms with Crippen molar-refractivity contribution in [2.45, 2.75) is 46.1 Å². The summed E-state index contributed by atoms with van der Waals surface area (Å²) in [4.78, 5) is 11.1. The molecule has 0 aromatic heterocycles. The Morgan fingerprint density at radius 3 is 1.76 bits per heavy atom. The SMILES string of the molecule is C=C/C=C(\C=C)CC(NC)C(C)=O.C=CC=C.CCCC.[HH]. The van der Waals surface area contributed by atoms with Crippen molar-refractivity contribution in [2.75, 3.05) is 7.05 Å². The number of carbonyl (C=O) groups is 1. The van der Waals surface area contributed by atoms with E-state index in [1.54, 1.807) is 38.3 Å². The normalized spacial score (nSPS) is 10.8. The van der Waals surface area contributed by atoms with Crippen LogP contribution in [0.1, 0.15) is 41.5 Å². The van der Waals surface area contributed by atoms with Crippen LogP contribution in [0.5, 0.6) is 0 Å². The first kappa shape index (κ1) is 24.4. The van der Waals surface area contributed by atoms with Gasteiger partial charge in [-0.3, -0.25) is 4.79 Å². The third-order valence-corrected chi connectivity index (χ3v) is 2.54. The lowest BCUT2D eigenvalue weighted by Gasteiger charge is -2.12. The lowest BCUT2D eigenvalue weighted by atomic mass is 10.0. The summed E-state index contributed by atoms with van der Waals surface area (Å²) in [7, 11) is 1.78. The number of ketones is 1. The summed E-state index contributed by atoms with van der Waals surface area (Å²) < 4.78 is 0. The van der Waals surface area contributed by atoms with E-state index in [0.717, 1.165) is 5.57 Å². The van der Waals surface area contributed by atoms with E-state index in [0.29, 0.717) is 6.42 Å². The van der Waals surface area contributed by atoms with E-state index < -0.39 is 0 Å². The van der Waals surface area contributed by atoms with Crippen LogP contribution in [0.25, 0.3) is 0 Å². The highest BCUT2D eigenvalue weighted by molar-refractivity contribution is 5.81. The van der Waals surface area contributed by atoms with Crippen LogP contribution in [-0.2, 0) is 4.79 Å². The minimum atomic E-state index is -0.121. The van der Waals surface area contributed by atoms with Gasteiger partial charge in [0.1, 0.15) is 5.78 Å².